The molecule has 0 aliphatic heterocycles. The molecule has 0 spiro atoms. The second-order valence-electron chi connectivity index (χ2n) is 4.85. The van der Waals surface area contributed by atoms with E-state index < -0.39 is 7.26 Å². The van der Waals surface area contributed by atoms with Crippen LogP contribution in [0.1, 0.15) is 26.7 Å². The van der Waals surface area contributed by atoms with Gasteiger partial charge in [0, 0.05) is 0 Å². The van der Waals surface area contributed by atoms with Gasteiger partial charge in [-0.15, -0.1) is 0 Å². The summed E-state index contributed by atoms with van der Waals surface area (Å²) < 4.78 is 0. The molecule has 0 aromatic carbocycles. The van der Waals surface area contributed by atoms with Gasteiger partial charge in [0.1, 0.15) is 0 Å². The van der Waals surface area contributed by atoms with Gasteiger partial charge in [0.25, 0.3) is 0 Å². The second kappa shape index (κ2) is 4.34. The first kappa shape index (κ1) is 10.4. The van der Waals surface area contributed by atoms with Crippen molar-refractivity contribution in [3.8, 4) is 0 Å². The Morgan fingerprint density at radius 2 is 1.60 bits per heavy atom. The van der Waals surface area contributed by atoms with Crippen molar-refractivity contribution in [2.24, 2.45) is 5.92 Å². The van der Waals surface area contributed by atoms with E-state index in [-0.39, 0.29) is 0 Å². The van der Waals surface area contributed by atoms with Crippen LogP contribution in [0.5, 0.6) is 0 Å². The van der Waals surface area contributed by atoms with E-state index in [0.717, 1.165) is 5.92 Å². The molecule has 0 saturated carbocycles. The summed E-state index contributed by atoms with van der Waals surface area (Å²) in [6, 6.07) is 0. The Bertz CT molecular complexity index is 79.2. The van der Waals surface area contributed by atoms with Crippen LogP contribution in [0.2, 0.25) is 0 Å². The predicted molar refractivity (Wildman–Crippen MR) is 55.0 cm³/mol. The molecule has 0 rings (SSSR count). The fourth-order valence-corrected chi connectivity index (χ4v) is 2.31. The standard InChI is InChI=1S/C9H23P/c1-9(2)7-6-8-10(3,4)5/h9-10H,6-8H2,1-5H3. The molecular formula is C9H23P. The van der Waals surface area contributed by atoms with Crippen LogP contribution in [0.25, 0.3) is 0 Å². The Balaban J connectivity index is 3.21. The third-order valence-corrected chi connectivity index (χ3v) is 3.56. The molecule has 0 unspecified atom stereocenters. The zero-order valence-electron chi connectivity index (χ0n) is 8.20. The number of hydrogen-bond donors (Lipinski definition) is 0. The third kappa shape index (κ3) is 8.43. The normalized spacial score (nSPS) is 14.2. The van der Waals surface area contributed by atoms with Gasteiger partial charge < -0.3 is 0 Å². The van der Waals surface area contributed by atoms with Crippen LogP contribution in [0.15, 0.2) is 0 Å². The molecule has 0 fully saturated rings. The Morgan fingerprint density at radius 3 is 1.90 bits per heavy atom. The van der Waals surface area contributed by atoms with Crippen LogP contribution in [0, 0.1) is 5.92 Å². The molecule has 0 N–H and O–H groups in total. The van der Waals surface area contributed by atoms with Gasteiger partial charge in [0.2, 0.25) is 0 Å². The van der Waals surface area contributed by atoms with Crippen LogP contribution < -0.4 is 0 Å². The molecule has 0 amide bonds. The molecule has 0 aliphatic carbocycles. The van der Waals surface area contributed by atoms with Crippen molar-refractivity contribution >= 4 is 7.26 Å². The molecule has 0 aromatic heterocycles. The molecule has 10 heavy (non-hydrogen) atoms. The fourth-order valence-electron chi connectivity index (χ4n) is 1.04. The Morgan fingerprint density at radius 1 is 1.10 bits per heavy atom. The van der Waals surface area contributed by atoms with Gasteiger partial charge in [0.15, 0.2) is 0 Å². The van der Waals surface area contributed by atoms with Crippen molar-refractivity contribution in [3.05, 3.63) is 0 Å². The Labute approximate surface area is 66.7 Å². The van der Waals surface area contributed by atoms with Crippen molar-refractivity contribution in [2.45, 2.75) is 26.7 Å². The average Bonchev–Trinajstić information content (AvgIpc) is 1.59. The monoisotopic (exact) mass is 162 g/mol. The van der Waals surface area contributed by atoms with Crippen LogP contribution >= 0.6 is 7.26 Å². The van der Waals surface area contributed by atoms with E-state index in [1.54, 1.807) is 0 Å². The van der Waals surface area contributed by atoms with E-state index in [1.807, 2.05) is 0 Å². The summed E-state index contributed by atoms with van der Waals surface area (Å²) in [5.74, 6) is 0.899. The van der Waals surface area contributed by atoms with Gasteiger partial charge in [-0.25, -0.2) is 0 Å². The summed E-state index contributed by atoms with van der Waals surface area (Å²) in [5.41, 5.74) is 0. The summed E-state index contributed by atoms with van der Waals surface area (Å²) in [6.45, 7) is 12.0. The first-order chi connectivity index (χ1) is 4.42. The molecule has 0 radical (unpaired) electrons. The predicted octanol–water partition coefficient (Wildman–Crippen LogP) is 3.06. The summed E-state index contributed by atoms with van der Waals surface area (Å²) in [5, 5.41) is 0. The quantitative estimate of drug-likeness (QED) is 0.557. The van der Waals surface area contributed by atoms with Crippen LogP contribution in [0.3, 0.4) is 0 Å². The summed E-state index contributed by atoms with van der Waals surface area (Å²) >= 11 is 0. The zero-order valence-corrected chi connectivity index (χ0v) is 9.20. The van der Waals surface area contributed by atoms with E-state index in [0.29, 0.717) is 0 Å². The van der Waals surface area contributed by atoms with E-state index in [1.165, 1.54) is 19.0 Å². The minimum absolute atomic E-state index is 0.724. The number of hydrogen-bond acceptors (Lipinski definition) is 0. The van der Waals surface area contributed by atoms with E-state index in [4.69, 9.17) is 0 Å². The van der Waals surface area contributed by atoms with Gasteiger partial charge in [-0.3, -0.25) is 0 Å². The van der Waals surface area contributed by atoms with E-state index in [2.05, 4.69) is 33.8 Å². The third-order valence-electron chi connectivity index (χ3n) is 1.71. The fraction of sp³-hybridized carbons (Fsp3) is 1.00. The number of rotatable bonds is 4. The van der Waals surface area contributed by atoms with Crippen molar-refractivity contribution < 1.29 is 0 Å². The van der Waals surface area contributed by atoms with Crippen molar-refractivity contribution in [2.75, 3.05) is 26.2 Å². The molecule has 0 aliphatic rings. The minimum atomic E-state index is -0.724. The summed E-state index contributed by atoms with van der Waals surface area (Å²) in [6.07, 6.45) is 4.38. The molecule has 0 heterocycles. The summed E-state index contributed by atoms with van der Waals surface area (Å²) in [7, 11) is -0.724. The van der Waals surface area contributed by atoms with E-state index in [9.17, 15) is 0 Å². The van der Waals surface area contributed by atoms with Crippen molar-refractivity contribution in [1.82, 2.24) is 0 Å². The van der Waals surface area contributed by atoms with Crippen LogP contribution in [-0.2, 0) is 0 Å². The molecule has 64 valence electrons. The first-order valence-corrected chi connectivity index (χ1v) is 8.12. The van der Waals surface area contributed by atoms with Crippen LogP contribution in [-0.4, -0.2) is 26.2 Å². The molecule has 0 bridgehead atoms. The first-order valence-electron chi connectivity index (χ1n) is 4.42. The maximum absolute atomic E-state index is 2.45. The van der Waals surface area contributed by atoms with Crippen molar-refractivity contribution in [3.63, 3.8) is 0 Å². The Kier molecular flexibility index (Phi) is 4.52. The SMILES string of the molecule is CC(C)CCC[PH](C)(C)C. The van der Waals surface area contributed by atoms with Gasteiger partial charge in [0.05, 0.1) is 0 Å². The zero-order chi connectivity index (χ0) is 8.20. The molecule has 0 saturated heterocycles. The topological polar surface area (TPSA) is 0 Å². The maximum atomic E-state index is 2.45. The molecular weight excluding hydrogens is 139 g/mol. The molecule has 0 atom stereocenters. The Hall–Kier alpha value is 0.430. The molecule has 0 nitrogen and oxygen atoms in total. The molecule has 0 aromatic rings. The molecule has 1 heteroatoms. The summed E-state index contributed by atoms with van der Waals surface area (Å²) in [4.78, 5) is 0. The average molecular weight is 162 g/mol. The second-order valence-corrected chi connectivity index (χ2v) is 10.5. The van der Waals surface area contributed by atoms with Gasteiger partial charge in [-0.1, -0.05) is 0 Å². The van der Waals surface area contributed by atoms with E-state index >= 15 is 0 Å². The van der Waals surface area contributed by atoms with Crippen molar-refractivity contribution in [1.29, 1.82) is 0 Å². The van der Waals surface area contributed by atoms with Gasteiger partial charge in [-0.2, -0.15) is 0 Å². The van der Waals surface area contributed by atoms with Gasteiger partial charge in [-0.05, 0) is 0 Å². The van der Waals surface area contributed by atoms with Crippen LogP contribution in [0.4, 0.5) is 0 Å². The van der Waals surface area contributed by atoms with Gasteiger partial charge >= 0.3 is 66.0 Å².